The molecule has 118 valence electrons. The predicted molar refractivity (Wildman–Crippen MR) is 82.9 cm³/mol. The maximum absolute atomic E-state index is 12.1. The van der Waals surface area contributed by atoms with Crippen LogP contribution < -0.4 is 5.56 Å². The van der Waals surface area contributed by atoms with Crippen molar-refractivity contribution in [2.45, 2.75) is 19.1 Å². The molecule has 2 N–H and O–H groups in total. The third kappa shape index (κ3) is 3.15. The zero-order valence-electron chi connectivity index (χ0n) is 12.0. The fourth-order valence-electron chi connectivity index (χ4n) is 2.85. The Morgan fingerprint density at radius 2 is 2.23 bits per heavy atom. The zero-order chi connectivity index (χ0) is 15.7. The molecular weight excluding hydrogens is 306 g/mol. The summed E-state index contributed by atoms with van der Waals surface area (Å²) in [6, 6.07) is 4.91. The third-order valence-electron chi connectivity index (χ3n) is 4.07. The van der Waals surface area contributed by atoms with Gasteiger partial charge in [-0.2, -0.15) is 0 Å². The normalized spacial score (nSPS) is 23.0. The Hall–Kier alpha value is -1.47. The van der Waals surface area contributed by atoms with Crippen LogP contribution in [0.25, 0.3) is 5.65 Å². The number of aromatic nitrogens is 2. The Morgan fingerprint density at radius 1 is 1.41 bits per heavy atom. The average molecular weight is 324 g/mol. The van der Waals surface area contributed by atoms with Crippen molar-refractivity contribution in [3.05, 3.63) is 45.5 Å². The highest BCUT2D eigenvalue weighted by Gasteiger charge is 2.27. The zero-order valence-corrected chi connectivity index (χ0v) is 12.8. The molecule has 1 aliphatic heterocycles. The second-order valence-corrected chi connectivity index (χ2v) is 6.13. The lowest BCUT2D eigenvalue weighted by atomic mass is 9.95. The minimum atomic E-state index is -0.460. The molecule has 0 aliphatic carbocycles. The van der Waals surface area contributed by atoms with E-state index in [9.17, 15) is 15.0 Å². The summed E-state index contributed by atoms with van der Waals surface area (Å²) in [7, 11) is 0. The lowest BCUT2D eigenvalue weighted by molar-refractivity contribution is -0.00235. The number of piperidine rings is 1. The van der Waals surface area contributed by atoms with E-state index in [1.807, 2.05) is 0 Å². The van der Waals surface area contributed by atoms with Gasteiger partial charge in [-0.1, -0.05) is 11.6 Å². The van der Waals surface area contributed by atoms with Crippen molar-refractivity contribution in [3.63, 3.8) is 0 Å². The van der Waals surface area contributed by atoms with Crippen molar-refractivity contribution >= 4 is 17.2 Å². The minimum Gasteiger partial charge on any atom is -0.396 e. The van der Waals surface area contributed by atoms with E-state index in [1.54, 1.807) is 18.3 Å². The number of hydrogen-bond acceptors (Lipinski definition) is 5. The second kappa shape index (κ2) is 6.34. The van der Waals surface area contributed by atoms with Crippen LogP contribution in [0.5, 0.6) is 0 Å². The predicted octanol–water partition coefficient (Wildman–Crippen LogP) is 0.523. The standard InChI is InChI=1S/C15H18ClN3O3/c16-11-1-2-14-17-12(5-15(22)19(14)7-11)8-18-4-3-13(21)10(6-18)9-20/h1-2,5,7,10,13,20-21H,3-4,6,8-9H2/t10-,13-/m0/s1. The number of nitrogens with zero attached hydrogens (tertiary/aromatic N) is 3. The summed E-state index contributed by atoms with van der Waals surface area (Å²) in [6.45, 7) is 1.81. The van der Waals surface area contributed by atoms with Gasteiger partial charge in [0.2, 0.25) is 0 Å². The van der Waals surface area contributed by atoms with Gasteiger partial charge in [0, 0.05) is 44.4 Å². The quantitative estimate of drug-likeness (QED) is 0.861. The molecule has 0 unspecified atom stereocenters. The van der Waals surface area contributed by atoms with Crippen LogP contribution in [0.3, 0.4) is 0 Å². The Balaban J connectivity index is 1.82. The first kappa shape index (κ1) is 15.4. The number of rotatable bonds is 3. The molecule has 1 saturated heterocycles. The molecule has 7 heteroatoms. The van der Waals surface area contributed by atoms with Crippen molar-refractivity contribution in [1.29, 1.82) is 0 Å². The summed E-state index contributed by atoms with van der Waals surface area (Å²) < 4.78 is 1.42. The lowest BCUT2D eigenvalue weighted by Gasteiger charge is -2.35. The first-order chi connectivity index (χ1) is 10.6. The summed E-state index contributed by atoms with van der Waals surface area (Å²) in [6.07, 6.45) is 1.71. The van der Waals surface area contributed by atoms with Crippen molar-refractivity contribution < 1.29 is 10.2 Å². The van der Waals surface area contributed by atoms with Crippen LogP contribution in [0.4, 0.5) is 0 Å². The highest BCUT2D eigenvalue weighted by atomic mass is 35.5. The van der Waals surface area contributed by atoms with Gasteiger partial charge in [0.1, 0.15) is 5.65 Å². The van der Waals surface area contributed by atoms with Gasteiger partial charge in [-0.05, 0) is 18.6 Å². The van der Waals surface area contributed by atoms with Crippen LogP contribution in [-0.4, -0.2) is 50.3 Å². The molecule has 0 amide bonds. The number of likely N-dealkylation sites (tertiary alicyclic amines) is 1. The van der Waals surface area contributed by atoms with Crippen molar-refractivity contribution in [1.82, 2.24) is 14.3 Å². The molecule has 3 heterocycles. The van der Waals surface area contributed by atoms with Gasteiger partial charge in [-0.15, -0.1) is 0 Å². The van der Waals surface area contributed by atoms with Crippen LogP contribution in [0.2, 0.25) is 5.02 Å². The van der Waals surface area contributed by atoms with Crippen LogP contribution in [-0.2, 0) is 6.54 Å². The van der Waals surface area contributed by atoms with E-state index >= 15 is 0 Å². The Kier molecular flexibility index (Phi) is 4.44. The van der Waals surface area contributed by atoms with Gasteiger partial charge in [-0.3, -0.25) is 14.1 Å². The average Bonchev–Trinajstić information content (AvgIpc) is 2.50. The van der Waals surface area contributed by atoms with Crippen molar-refractivity contribution in [2.24, 2.45) is 5.92 Å². The third-order valence-corrected chi connectivity index (χ3v) is 4.30. The maximum atomic E-state index is 12.1. The molecule has 0 bridgehead atoms. The van der Waals surface area contributed by atoms with E-state index in [4.69, 9.17) is 11.6 Å². The highest BCUT2D eigenvalue weighted by Crippen LogP contribution is 2.18. The smallest absolute Gasteiger partial charge is 0.258 e. The molecule has 0 saturated carbocycles. The largest absolute Gasteiger partial charge is 0.396 e. The minimum absolute atomic E-state index is 0.0377. The van der Waals surface area contributed by atoms with Gasteiger partial charge in [0.15, 0.2) is 0 Å². The molecule has 2 aromatic rings. The Bertz CT molecular complexity index is 734. The molecule has 6 nitrogen and oxygen atoms in total. The number of pyridine rings is 1. The molecule has 0 spiro atoms. The van der Waals surface area contributed by atoms with E-state index in [1.165, 1.54) is 10.5 Å². The van der Waals surface area contributed by atoms with Gasteiger partial charge >= 0.3 is 0 Å². The monoisotopic (exact) mass is 323 g/mol. The SMILES string of the molecule is O=c1cc(CN2CC[C@H](O)[C@H](CO)C2)nc2ccc(Cl)cn12. The van der Waals surface area contributed by atoms with Gasteiger partial charge in [0.25, 0.3) is 5.56 Å². The summed E-state index contributed by atoms with van der Waals surface area (Å²) in [4.78, 5) is 18.7. The van der Waals surface area contributed by atoms with Crippen LogP contribution >= 0.6 is 11.6 Å². The lowest BCUT2D eigenvalue weighted by Crippen LogP contribution is -2.44. The molecule has 3 rings (SSSR count). The molecule has 0 radical (unpaired) electrons. The summed E-state index contributed by atoms with van der Waals surface area (Å²) in [5.74, 6) is -0.144. The Morgan fingerprint density at radius 3 is 3.00 bits per heavy atom. The maximum Gasteiger partial charge on any atom is 0.258 e. The fraction of sp³-hybridized carbons (Fsp3) is 0.467. The molecule has 2 aromatic heterocycles. The van der Waals surface area contributed by atoms with E-state index < -0.39 is 6.10 Å². The highest BCUT2D eigenvalue weighted by molar-refractivity contribution is 6.30. The Labute approximate surface area is 132 Å². The van der Waals surface area contributed by atoms with Gasteiger partial charge < -0.3 is 10.2 Å². The van der Waals surface area contributed by atoms with Gasteiger partial charge in [0.05, 0.1) is 16.8 Å². The number of aliphatic hydroxyl groups excluding tert-OH is 2. The first-order valence-corrected chi connectivity index (χ1v) is 7.64. The molecule has 2 atom stereocenters. The number of halogens is 1. The van der Waals surface area contributed by atoms with E-state index in [2.05, 4.69) is 9.88 Å². The summed E-state index contributed by atoms with van der Waals surface area (Å²) >= 11 is 5.89. The van der Waals surface area contributed by atoms with Crippen molar-refractivity contribution in [2.75, 3.05) is 19.7 Å². The second-order valence-electron chi connectivity index (χ2n) is 5.70. The van der Waals surface area contributed by atoms with Crippen LogP contribution in [0.15, 0.2) is 29.2 Å². The fourth-order valence-corrected chi connectivity index (χ4v) is 3.01. The topological polar surface area (TPSA) is 78.1 Å². The molecule has 22 heavy (non-hydrogen) atoms. The van der Waals surface area contributed by atoms with E-state index in [0.717, 1.165) is 6.54 Å². The number of aliphatic hydroxyl groups is 2. The van der Waals surface area contributed by atoms with Crippen LogP contribution in [0.1, 0.15) is 12.1 Å². The van der Waals surface area contributed by atoms with Gasteiger partial charge in [-0.25, -0.2) is 4.98 Å². The van der Waals surface area contributed by atoms with Crippen LogP contribution in [0, 0.1) is 5.92 Å². The molecular formula is C15H18ClN3O3. The summed E-state index contributed by atoms with van der Waals surface area (Å²) in [5.41, 5.74) is 1.07. The van der Waals surface area contributed by atoms with Crippen molar-refractivity contribution in [3.8, 4) is 0 Å². The number of hydrogen-bond donors (Lipinski definition) is 2. The number of fused-ring (bicyclic) bond motifs is 1. The molecule has 1 aliphatic rings. The van der Waals surface area contributed by atoms with E-state index in [0.29, 0.717) is 35.9 Å². The summed E-state index contributed by atoms with van der Waals surface area (Å²) in [5, 5.41) is 19.6. The molecule has 0 aromatic carbocycles. The first-order valence-electron chi connectivity index (χ1n) is 7.26. The molecule has 1 fully saturated rings. The van der Waals surface area contributed by atoms with E-state index in [-0.39, 0.29) is 18.1 Å².